The molecule has 0 N–H and O–H groups in total. The fourth-order valence-electron chi connectivity index (χ4n) is 3.84. The number of piperazine rings is 1. The molecule has 4 rings (SSSR count). The van der Waals surface area contributed by atoms with E-state index in [1.807, 2.05) is 36.9 Å². The van der Waals surface area contributed by atoms with Gasteiger partial charge in [0.2, 0.25) is 5.91 Å². The normalized spacial score (nSPS) is 18.7. The summed E-state index contributed by atoms with van der Waals surface area (Å²) in [5, 5.41) is 0. The lowest BCUT2D eigenvalue weighted by atomic mass is 9.94. The van der Waals surface area contributed by atoms with Crippen LogP contribution in [0.2, 0.25) is 0 Å². The van der Waals surface area contributed by atoms with Crippen LogP contribution in [0.4, 0.5) is 5.82 Å². The van der Waals surface area contributed by atoms with E-state index in [1.54, 1.807) is 0 Å². The van der Waals surface area contributed by atoms with E-state index in [1.165, 1.54) is 0 Å². The predicted octanol–water partition coefficient (Wildman–Crippen LogP) is 3.24. The van der Waals surface area contributed by atoms with Crippen molar-refractivity contribution >= 4 is 27.7 Å². The van der Waals surface area contributed by atoms with Crippen LogP contribution in [0.5, 0.6) is 0 Å². The Labute approximate surface area is 162 Å². The number of hydrogen-bond donors (Lipinski definition) is 0. The smallest absolute Gasteiger partial charge is 0.233 e. The van der Waals surface area contributed by atoms with E-state index in [0.717, 1.165) is 66.4 Å². The van der Waals surface area contributed by atoms with Gasteiger partial charge in [0.15, 0.2) is 0 Å². The maximum Gasteiger partial charge on any atom is 0.233 e. The van der Waals surface area contributed by atoms with Gasteiger partial charge in [-0.1, -0.05) is 28.1 Å². The van der Waals surface area contributed by atoms with Crippen LogP contribution in [0.15, 0.2) is 34.8 Å². The van der Waals surface area contributed by atoms with E-state index < -0.39 is 0 Å². The molecule has 6 heteroatoms. The molecule has 2 aromatic rings. The second kappa shape index (κ2) is 6.65. The van der Waals surface area contributed by atoms with Gasteiger partial charge >= 0.3 is 0 Å². The lowest BCUT2D eigenvalue weighted by molar-refractivity contribution is -0.134. The number of aryl methyl sites for hydroxylation is 2. The number of carbonyl (C=O) groups is 1. The first-order chi connectivity index (χ1) is 12.5. The Bertz CT molecular complexity index is 821. The predicted molar refractivity (Wildman–Crippen MR) is 105 cm³/mol. The van der Waals surface area contributed by atoms with Gasteiger partial charge in [0.05, 0.1) is 5.41 Å². The van der Waals surface area contributed by atoms with Crippen LogP contribution >= 0.6 is 15.9 Å². The van der Waals surface area contributed by atoms with Crippen LogP contribution in [0, 0.1) is 13.8 Å². The topological polar surface area (TPSA) is 49.3 Å². The second-order valence-corrected chi connectivity index (χ2v) is 8.20. The van der Waals surface area contributed by atoms with Crippen molar-refractivity contribution in [3.63, 3.8) is 0 Å². The number of benzene rings is 1. The fraction of sp³-hybridized carbons (Fsp3) is 0.450. The molecule has 1 aliphatic carbocycles. The molecule has 1 amide bonds. The third-order valence-electron chi connectivity index (χ3n) is 5.38. The fourth-order valence-corrected chi connectivity index (χ4v) is 4.24. The van der Waals surface area contributed by atoms with Gasteiger partial charge in [0, 0.05) is 42.4 Å². The van der Waals surface area contributed by atoms with Gasteiger partial charge < -0.3 is 9.80 Å². The molecule has 0 unspecified atom stereocenters. The third kappa shape index (κ3) is 3.22. The largest absolute Gasteiger partial charge is 0.353 e. The number of nitrogens with zero attached hydrogens (tertiary/aromatic N) is 4. The van der Waals surface area contributed by atoms with Crippen molar-refractivity contribution in [1.29, 1.82) is 0 Å². The van der Waals surface area contributed by atoms with Gasteiger partial charge in [0.1, 0.15) is 11.6 Å². The first kappa shape index (κ1) is 17.5. The summed E-state index contributed by atoms with van der Waals surface area (Å²) < 4.78 is 1.04. The summed E-state index contributed by atoms with van der Waals surface area (Å²) in [6.07, 6.45) is 1.90. The van der Waals surface area contributed by atoms with Gasteiger partial charge in [-0.15, -0.1) is 0 Å². The minimum absolute atomic E-state index is 0.283. The molecule has 5 nitrogen and oxygen atoms in total. The highest BCUT2D eigenvalue weighted by Crippen LogP contribution is 2.50. The van der Waals surface area contributed by atoms with Gasteiger partial charge in [-0.2, -0.15) is 0 Å². The molecule has 0 bridgehead atoms. The van der Waals surface area contributed by atoms with E-state index in [0.29, 0.717) is 0 Å². The minimum atomic E-state index is -0.298. The van der Waals surface area contributed by atoms with Gasteiger partial charge in [-0.25, -0.2) is 9.97 Å². The highest BCUT2D eigenvalue weighted by molar-refractivity contribution is 9.10. The molecule has 1 aromatic heterocycles. The van der Waals surface area contributed by atoms with Crippen LogP contribution in [0.25, 0.3) is 0 Å². The maximum atomic E-state index is 13.2. The number of anilines is 1. The Morgan fingerprint density at radius 3 is 2.42 bits per heavy atom. The number of amides is 1. The first-order valence-corrected chi connectivity index (χ1v) is 9.90. The standard InChI is InChI=1S/C20H23BrN4O/c1-14-12-18(23-15(2)22-14)24-8-10-25(11-9-24)19(26)20(6-7-20)16-4-3-5-17(21)13-16/h3-5,12-13H,6-11H2,1-2H3. The van der Waals surface area contributed by atoms with Gasteiger partial charge in [-0.3, -0.25) is 4.79 Å². The van der Waals surface area contributed by atoms with E-state index in [2.05, 4.69) is 42.9 Å². The highest BCUT2D eigenvalue weighted by Gasteiger charge is 2.53. The molecule has 1 aliphatic heterocycles. The van der Waals surface area contributed by atoms with Crippen LogP contribution in [-0.2, 0) is 10.2 Å². The van der Waals surface area contributed by atoms with E-state index in [9.17, 15) is 4.79 Å². The number of halogens is 1. The van der Waals surface area contributed by atoms with Gasteiger partial charge in [-0.05, 0) is 44.4 Å². The van der Waals surface area contributed by atoms with Crippen LogP contribution < -0.4 is 4.90 Å². The summed E-state index contributed by atoms with van der Waals surface area (Å²) >= 11 is 3.53. The van der Waals surface area contributed by atoms with Crippen molar-refractivity contribution in [3.05, 3.63) is 51.9 Å². The zero-order chi connectivity index (χ0) is 18.3. The maximum absolute atomic E-state index is 13.2. The van der Waals surface area contributed by atoms with Crippen molar-refractivity contribution in [2.75, 3.05) is 31.1 Å². The van der Waals surface area contributed by atoms with E-state index in [-0.39, 0.29) is 11.3 Å². The Balaban J connectivity index is 1.45. The molecule has 0 radical (unpaired) electrons. The Kier molecular flexibility index (Phi) is 4.47. The van der Waals surface area contributed by atoms with Crippen LogP contribution in [0.3, 0.4) is 0 Å². The molecule has 1 saturated heterocycles. The lowest BCUT2D eigenvalue weighted by Gasteiger charge is -2.37. The molecular weight excluding hydrogens is 392 g/mol. The summed E-state index contributed by atoms with van der Waals surface area (Å²) in [6.45, 7) is 7.04. The lowest BCUT2D eigenvalue weighted by Crippen LogP contribution is -2.51. The number of carbonyl (C=O) groups excluding carboxylic acids is 1. The molecule has 2 fully saturated rings. The number of hydrogen-bond acceptors (Lipinski definition) is 4. The summed E-state index contributed by atoms with van der Waals surface area (Å²) in [7, 11) is 0. The molecular formula is C20H23BrN4O. The van der Waals surface area contributed by atoms with E-state index in [4.69, 9.17) is 0 Å². The van der Waals surface area contributed by atoms with E-state index >= 15 is 0 Å². The van der Waals surface area contributed by atoms with Crippen LogP contribution in [0.1, 0.15) is 29.9 Å². The Hall–Kier alpha value is -1.95. The Morgan fingerprint density at radius 1 is 1.08 bits per heavy atom. The summed E-state index contributed by atoms with van der Waals surface area (Å²) in [5.41, 5.74) is 1.83. The summed E-state index contributed by atoms with van der Waals surface area (Å²) in [5.74, 6) is 2.05. The Morgan fingerprint density at radius 2 is 1.81 bits per heavy atom. The summed E-state index contributed by atoms with van der Waals surface area (Å²) in [6, 6.07) is 10.2. The van der Waals surface area contributed by atoms with Crippen molar-refractivity contribution in [2.24, 2.45) is 0 Å². The molecule has 1 saturated carbocycles. The molecule has 2 heterocycles. The number of rotatable bonds is 3. The SMILES string of the molecule is Cc1cc(N2CCN(C(=O)C3(c4cccc(Br)c4)CC3)CC2)nc(C)n1. The zero-order valence-electron chi connectivity index (χ0n) is 15.2. The quantitative estimate of drug-likeness (QED) is 0.773. The third-order valence-corrected chi connectivity index (χ3v) is 5.87. The minimum Gasteiger partial charge on any atom is -0.353 e. The molecule has 1 aromatic carbocycles. The summed E-state index contributed by atoms with van der Waals surface area (Å²) in [4.78, 5) is 26.4. The average Bonchev–Trinajstić information content (AvgIpc) is 3.42. The van der Waals surface area contributed by atoms with Crippen molar-refractivity contribution in [2.45, 2.75) is 32.1 Å². The molecule has 0 spiro atoms. The van der Waals surface area contributed by atoms with Crippen LogP contribution in [-0.4, -0.2) is 47.0 Å². The molecule has 26 heavy (non-hydrogen) atoms. The average molecular weight is 415 g/mol. The molecule has 2 aliphatic rings. The van der Waals surface area contributed by atoms with Crippen molar-refractivity contribution in [3.8, 4) is 0 Å². The molecule has 136 valence electrons. The zero-order valence-corrected chi connectivity index (χ0v) is 16.8. The van der Waals surface area contributed by atoms with Gasteiger partial charge in [0.25, 0.3) is 0 Å². The first-order valence-electron chi connectivity index (χ1n) is 9.11. The number of aromatic nitrogens is 2. The highest BCUT2D eigenvalue weighted by atomic mass is 79.9. The second-order valence-electron chi connectivity index (χ2n) is 7.29. The van der Waals surface area contributed by atoms with Crippen molar-refractivity contribution in [1.82, 2.24) is 14.9 Å². The monoisotopic (exact) mass is 414 g/mol. The van der Waals surface area contributed by atoms with Crippen molar-refractivity contribution < 1.29 is 4.79 Å². The molecule has 0 atom stereocenters.